The van der Waals surface area contributed by atoms with Gasteiger partial charge in [-0.3, -0.25) is 33.7 Å². The van der Waals surface area contributed by atoms with E-state index in [0.717, 1.165) is 28.1 Å². The monoisotopic (exact) mass is 1060 g/mol. The van der Waals surface area contributed by atoms with E-state index in [4.69, 9.17) is 4.84 Å². The smallest absolute Gasteiger partial charge is 0.333 e. The molecule has 0 spiro atoms. The summed E-state index contributed by atoms with van der Waals surface area (Å²) in [5, 5.41) is 5.19. The molecule has 2 aromatic carbocycles. The molecule has 7 rings (SSSR count). The summed E-state index contributed by atoms with van der Waals surface area (Å²) >= 11 is 0. The molecule has 18 heteroatoms. The Morgan fingerprint density at radius 2 is 1.28 bits per heavy atom. The van der Waals surface area contributed by atoms with Crippen LogP contribution in [0, 0.1) is 19.1 Å². The molecule has 5 heterocycles. The van der Waals surface area contributed by atoms with Crippen LogP contribution in [0.1, 0.15) is 48.0 Å². The molecule has 0 saturated carbocycles. The third-order valence-electron chi connectivity index (χ3n) is 8.80. The first kappa shape index (κ1) is 49.8. The molecular formula is C46H43IrN7O9S-2. The van der Waals surface area contributed by atoms with Gasteiger partial charge >= 0.3 is 5.97 Å². The van der Waals surface area contributed by atoms with Crippen molar-refractivity contribution in [3.63, 3.8) is 0 Å². The summed E-state index contributed by atoms with van der Waals surface area (Å²) in [6.45, 7) is 1.87. The van der Waals surface area contributed by atoms with E-state index in [1.807, 2.05) is 91.9 Å². The van der Waals surface area contributed by atoms with Gasteiger partial charge in [0.15, 0.2) is 0 Å². The number of unbranched alkanes of at least 4 members (excludes halogenated alkanes) is 1. The van der Waals surface area contributed by atoms with Gasteiger partial charge in [0.05, 0.1) is 11.4 Å². The van der Waals surface area contributed by atoms with Crippen LogP contribution in [0.25, 0.3) is 33.9 Å². The van der Waals surface area contributed by atoms with Gasteiger partial charge in [-0.05, 0) is 73.1 Å². The van der Waals surface area contributed by atoms with E-state index in [0.29, 0.717) is 16.5 Å². The van der Waals surface area contributed by atoms with E-state index < -0.39 is 51.5 Å². The van der Waals surface area contributed by atoms with Crippen molar-refractivity contribution in [1.82, 2.24) is 35.6 Å². The van der Waals surface area contributed by atoms with Crippen LogP contribution in [0.3, 0.4) is 0 Å². The molecule has 1 atom stereocenters. The quantitative estimate of drug-likeness (QED) is 0.0536. The van der Waals surface area contributed by atoms with Crippen molar-refractivity contribution in [3.05, 3.63) is 157 Å². The third kappa shape index (κ3) is 16.4. The standard InChI is InChI=1S/C24H27N5O9S.2C11H8N.Ir/c1-15-7-10-25-17(12-15)18-13-16(8-11-26-18)23(33)28-19(14-39(35,36)37)24(34)27-9-3-2-4-22(32)38-29-20(30)5-6-21(29)31;2*1-2-6-10(7-3-1)11-8-4-5-9-12-11;/h7-8,10-13,19H,2-6,9,14H2,1H3,(H,27,34)(H,28,33)(H,35,36,37);2*1-6,8-9H;/q;2*-1;. The van der Waals surface area contributed by atoms with Crippen LogP contribution in [-0.2, 0) is 54.2 Å². The van der Waals surface area contributed by atoms with Crippen molar-refractivity contribution < 1.29 is 61.9 Å². The number of pyridine rings is 4. The van der Waals surface area contributed by atoms with E-state index in [9.17, 15) is 36.9 Å². The summed E-state index contributed by atoms with van der Waals surface area (Å²) in [5.41, 5.74) is 5.94. The van der Waals surface area contributed by atoms with Gasteiger partial charge in [0.25, 0.3) is 27.8 Å². The molecular weight excluding hydrogens is 1020 g/mol. The Morgan fingerprint density at radius 3 is 1.80 bits per heavy atom. The number of rotatable bonds is 14. The van der Waals surface area contributed by atoms with Crippen LogP contribution in [0.15, 0.2) is 134 Å². The Hall–Kier alpha value is -6.85. The van der Waals surface area contributed by atoms with E-state index in [-0.39, 0.29) is 64.3 Å². The number of carbonyl (C=O) groups excluding carboxylic acids is 5. The average molecular weight is 1060 g/mol. The molecule has 6 aromatic rings. The summed E-state index contributed by atoms with van der Waals surface area (Å²) in [4.78, 5) is 81.8. The number of nitrogens with one attached hydrogen (secondary N) is 2. The third-order valence-corrected chi connectivity index (χ3v) is 9.56. The number of nitrogens with zero attached hydrogens (tertiary/aromatic N) is 5. The maximum absolute atomic E-state index is 12.8. The van der Waals surface area contributed by atoms with Crippen molar-refractivity contribution in [2.45, 2.75) is 45.1 Å². The number of hydrogen-bond donors (Lipinski definition) is 3. The topological polar surface area (TPSA) is 228 Å². The van der Waals surface area contributed by atoms with Crippen LogP contribution in [-0.4, -0.2) is 85.9 Å². The second kappa shape index (κ2) is 25.3. The Labute approximate surface area is 384 Å². The molecule has 0 bridgehead atoms. The zero-order chi connectivity index (χ0) is 45.0. The van der Waals surface area contributed by atoms with E-state index in [1.54, 1.807) is 30.7 Å². The first-order valence-electron chi connectivity index (χ1n) is 19.6. The first-order valence-corrected chi connectivity index (χ1v) is 21.2. The molecule has 64 heavy (non-hydrogen) atoms. The number of aromatic nitrogens is 4. The van der Waals surface area contributed by atoms with Gasteiger partial charge in [-0.1, -0.05) is 24.3 Å². The summed E-state index contributed by atoms with van der Waals surface area (Å²) in [7, 11) is -4.64. The van der Waals surface area contributed by atoms with Gasteiger partial charge in [0.1, 0.15) is 11.8 Å². The summed E-state index contributed by atoms with van der Waals surface area (Å²) < 4.78 is 32.2. The first-order chi connectivity index (χ1) is 30.4. The molecule has 3 N–H and O–H groups in total. The van der Waals surface area contributed by atoms with E-state index >= 15 is 0 Å². The second-order valence-corrected chi connectivity index (χ2v) is 15.2. The van der Waals surface area contributed by atoms with Gasteiger partial charge in [-0.2, -0.15) is 8.42 Å². The summed E-state index contributed by atoms with van der Waals surface area (Å²) in [6.07, 6.45) is 6.82. The number of carbonyl (C=O) groups is 5. The normalized spacial score (nSPS) is 12.2. The number of hydrogen-bond acceptors (Lipinski definition) is 12. The van der Waals surface area contributed by atoms with Gasteiger partial charge in [-0.25, -0.2) is 4.79 Å². The number of amides is 4. The number of imide groups is 1. The Morgan fingerprint density at radius 1 is 0.734 bits per heavy atom. The maximum atomic E-state index is 12.8. The van der Waals surface area contributed by atoms with E-state index in [2.05, 4.69) is 42.7 Å². The van der Waals surface area contributed by atoms with Crippen molar-refractivity contribution in [2.75, 3.05) is 12.3 Å². The van der Waals surface area contributed by atoms with Crippen molar-refractivity contribution >= 4 is 39.7 Å². The molecule has 1 aliphatic heterocycles. The zero-order valence-electron chi connectivity index (χ0n) is 34.4. The van der Waals surface area contributed by atoms with Crippen molar-refractivity contribution in [1.29, 1.82) is 0 Å². The molecule has 16 nitrogen and oxygen atoms in total. The molecule has 1 radical (unpaired) electrons. The van der Waals surface area contributed by atoms with Gasteiger partial charge in [-0.15, -0.1) is 76.9 Å². The molecule has 1 fully saturated rings. The maximum Gasteiger partial charge on any atom is 0.333 e. The fourth-order valence-electron chi connectivity index (χ4n) is 5.71. The predicted octanol–water partition coefficient (Wildman–Crippen LogP) is 5.43. The summed E-state index contributed by atoms with van der Waals surface area (Å²) in [5.74, 6) is -4.69. The van der Waals surface area contributed by atoms with Crippen LogP contribution < -0.4 is 10.6 Å². The van der Waals surface area contributed by atoms with Crippen LogP contribution in [0.4, 0.5) is 0 Å². The van der Waals surface area contributed by atoms with Crippen LogP contribution in [0.5, 0.6) is 0 Å². The predicted molar refractivity (Wildman–Crippen MR) is 231 cm³/mol. The largest absolute Gasteiger partial charge is 0.354 e. The summed E-state index contributed by atoms with van der Waals surface area (Å²) in [6, 6.07) is 38.4. The molecule has 333 valence electrons. The Kier molecular flexibility index (Phi) is 19.7. The fourth-order valence-corrected chi connectivity index (χ4v) is 6.36. The van der Waals surface area contributed by atoms with Gasteiger partial charge in [0, 0.05) is 76.3 Å². The molecule has 1 unspecified atom stereocenters. The molecule has 0 aliphatic carbocycles. The molecule has 4 aromatic heterocycles. The Balaban J connectivity index is 0.000000287. The SMILES string of the molecule is Cc1ccnc(-c2cc(C(=O)NC(CS(=O)(=O)O)C(=O)NCCCCC(=O)ON3C(=O)CCC3=O)ccn2)c1.[Ir].[c-]1ccccc1-c1ccccn1.[c-]1ccccc1-c1ccccn1. The second-order valence-electron chi connectivity index (χ2n) is 13.7. The van der Waals surface area contributed by atoms with Crippen molar-refractivity contribution in [2.24, 2.45) is 0 Å². The van der Waals surface area contributed by atoms with Crippen LogP contribution >= 0.6 is 0 Å². The average Bonchev–Trinajstić information content (AvgIpc) is 3.62. The minimum Gasteiger partial charge on any atom is -0.354 e. The molecule has 1 saturated heterocycles. The molecule has 1 aliphatic rings. The van der Waals surface area contributed by atoms with Crippen molar-refractivity contribution in [3.8, 4) is 33.9 Å². The van der Waals surface area contributed by atoms with Gasteiger partial charge < -0.3 is 25.4 Å². The number of aryl methyl sites for hydroxylation is 1. The fraction of sp³-hybridized carbons (Fsp3) is 0.196. The minimum absolute atomic E-state index is 0. The Bertz CT molecular complexity index is 2410. The molecule has 4 amide bonds. The van der Waals surface area contributed by atoms with Gasteiger partial charge in [0.2, 0.25) is 5.91 Å². The number of hydroxylamine groups is 2. The van der Waals surface area contributed by atoms with E-state index in [1.165, 1.54) is 18.3 Å². The number of benzene rings is 2. The van der Waals surface area contributed by atoms with Crippen LogP contribution in [0.2, 0.25) is 0 Å². The zero-order valence-corrected chi connectivity index (χ0v) is 37.6. The minimum atomic E-state index is -4.64.